The van der Waals surface area contributed by atoms with Crippen LogP contribution in [0.3, 0.4) is 0 Å². The maximum Gasteiger partial charge on any atom is 0.0446 e. The Morgan fingerprint density at radius 2 is 1.94 bits per heavy atom. The van der Waals surface area contributed by atoms with E-state index in [1.807, 2.05) is 0 Å². The van der Waals surface area contributed by atoms with E-state index < -0.39 is 0 Å². The maximum atomic E-state index is 9.20. The molecule has 1 saturated heterocycles. The molecule has 0 amide bonds. The van der Waals surface area contributed by atoms with Crippen LogP contribution in [0.5, 0.6) is 0 Å². The van der Waals surface area contributed by atoms with Crippen molar-refractivity contribution in [1.82, 2.24) is 9.80 Å². The smallest absolute Gasteiger partial charge is 0.0446 e. The molecule has 0 spiro atoms. The van der Waals surface area contributed by atoms with E-state index >= 15 is 0 Å². The van der Waals surface area contributed by atoms with Gasteiger partial charge >= 0.3 is 0 Å². The minimum absolute atomic E-state index is 0.322. The first-order valence-electron chi connectivity index (χ1n) is 6.57. The van der Waals surface area contributed by atoms with E-state index in [1.54, 1.807) is 0 Å². The van der Waals surface area contributed by atoms with Crippen molar-refractivity contribution in [2.45, 2.75) is 45.2 Å². The third-order valence-electron chi connectivity index (χ3n) is 3.78. The lowest BCUT2D eigenvalue weighted by Crippen LogP contribution is -2.43. The van der Waals surface area contributed by atoms with Crippen molar-refractivity contribution in [3.63, 3.8) is 0 Å². The van der Waals surface area contributed by atoms with Crippen LogP contribution in [0.4, 0.5) is 0 Å². The van der Waals surface area contributed by atoms with Gasteiger partial charge < -0.3 is 10.0 Å². The lowest BCUT2D eigenvalue weighted by atomic mass is 9.92. The van der Waals surface area contributed by atoms with Gasteiger partial charge in [-0.15, -0.1) is 0 Å². The SMILES string of the molecule is CN1CC(CCO)N(C2CC2)CC(C)(C)C1. The van der Waals surface area contributed by atoms with Crippen LogP contribution in [0.1, 0.15) is 33.1 Å². The van der Waals surface area contributed by atoms with Gasteiger partial charge in [0.1, 0.15) is 0 Å². The molecule has 1 aliphatic heterocycles. The average Bonchev–Trinajstić information content (AvgIpc) is 2.94. The summed E-state index contributed by atoms with van der Waals surface area (Å²) in [5, 5.41) is 9.20. The standard InChI is InChI=1S/C13H26N2O/c1-13(2)9-14(3)8-12(6-7-16)15(10-13)11-4-5-11/h11-12,16H,4-10H2,1-3H3. The predicted molar refractivity (Wildman–Crippen MR) is 66.5 cm³/mol. The molecule has 1 aliphatic carbocycles. The van der Waals surface area contributed by atoms with Crippen molar-refractivity contribution in [3.05, 3.63) is 0 Å². The van der Waals surface area contributed by atoms with E-state index in [0.717, 1.165) is 25.6 Å². The topological polar surface area (TPSA) is 26.7 Å². The molecule has 1 unspecified atom stereocenters. The number of hydrogen-bond acceptors (Lipinski definition) is 3. The summed E-state index contributed by atoms with van der Waals surface area (Å²) in [7, 11) is 2.21. The number of hydrogen-bond donors (Lipinski definition) is 1. The highest BCUT2D eigenvalue weighted by molar-refractivity contribution is 4.95. The van der Waals surface area contributed by atoms with E-state index in [2.05, 4.69) is 30.7 Å². The van der Waals surface area contributed by atoms with Gasteiger partial charge in [-0.05, 0) is 31.7 Å². The number of likely N-dealkylation sites (N-methyl/N-ethyl adjacent to an activating group) is 1. The summed E-state index contributed by atoms with van der Waals surface area (Å²) in [4.78, 5) is 5.10. The largest absolute Gasteiger partial charge is 0.396 e. The van der Waals surface area contributed by atoms with Crippen molar-refractivity contribution in [2.75, 3.05) is 33.3 Å². The second kappa shape index (κ2) is 4.63. The highest BCUT2D eigenvalue weighted by Crippen LogP contribution is 2.34. The molecule has 0 bridgehead atoms. The van der Waals surface area contributed by atoms with Crippen molar-refractivity contribution in [3.8, 4) is 0 Å². The first-order valence-corrected chi connectivity index (χ1v) is 6.57. The van der Waals surface area contributed by atoms with Crippen LogP contribution in [-0.4, -0.2) is 60.3 Å². The monoisotopic (exact) mass is 226 g/mol. The molecular formula is C13H26N2O. The Balaban J connectivity index is 2.09. The van der Waals surface area contributed by atoms with Crippen LogP contribution >= 0.6 is 0 Å². The van der Waals surface area contributed by atoms with Gasteiger partial charge in [0.05, 0.1) is 0 Å². The summed E-state index contributed by atoms with van der Waals surface area (Å²) in [5.41, 5.74) is 0.377. The van der Waals surface area contributed by atoms with Crippen LogP contribution in [-0.2, 0) is 0 Å². The molecular weight excluding hydrogens is 200 g/mol. The van der Waals surface area contributed by atoms with Crippen molar-refractivity contribution >= 4 is 0 Å². The molecule has 2 aliphatic rings. The zero-order chi connectivity index (χ0) is 11.8. The zero-order valence-electron chi connectivity index (χ0n) is 10.9. The Morgan fingerprint density at radius 1 is 1.25 bits per heavy atom. The van der Waals surface area contributed by atoms with Gasteiger partial charge in [0, 0.05) is 38.3 Å². The number of aliphatic hydroxyl groups is 1. The molecule has 0 aromatic heterocycles. The van der Waals surface area contributed by atoms with Crippen molar-refractivity contribution in [1.29, 1.82) is 0 Å². The highest BCUT2D eigenvalue weighted by Gasteiger charge is 2.39. The molecule has 1 N–H and O–H groups in total. The molecule has 1 atom stereocenters. The van der Waals surface area contributed by atoms with Crippen LogP contribution in [0.2, 0.25) is 0 Å². The van der Waals surface area contributed by atoms with Gasteiger partial charge in [0.25, 0.3) is 0 Å². The molecule has 0 radical (unpaired) electrons. The third kappa shape index (κ3) is 2.96. The molecule has 3 nitrogen and oxygen atoms in total. The van der Waals surface area contributed by atoms with Crippen molar-refractivity contribution < 1.29 is 5.11 Å². The molecule has 2 fully saturated rings. The second-order valence-corrected chi connectivity index (χ2v) is 6.43. The van der Waals surface area contributed by atoms with Gasteiger partial charge in [-0.3, -0.25) is 4.90 Å². The molecule has 16 heavy (non-hydrogen) atoms. The number of aliphatic hydroxyl groups excluding tert-OH is 1. The summed E-state index contributed by atoms with van der Waals surface area (Å²) < 4.78 is 0. The molecule has 2 rings (SSSR count). The Kier molecular flexibility index (Phi) is 3.57. The summed E-state index contributed by atoms with van der Waals surface area (Å²) in [5.74, 6) is 0. The van der Waals surface area contributed by atoms with E-state index in [4.69, 9.17) is 0 Å². The third-order valence-corrected chi connectivity index (χ3v) is 3.78. The first-order chi connectivity index (χ1) is 7.52. The summed E-state index contributed by atoms with van der Waals surface area (Å²) >= 11 is 0. The average molecular weight is 226 g/mol. The van der Waals surface area contributed by atoms with Gasteiger partial charge in [0.15, 0.2) is 0 Å². The Labute approximate surface area is 99.4 Å². The number of nitrogens with zero attached hydrogens (tertiary/aromatic N) is 2. The van der Waals surface area contributed by atoms with Crippen LogP contribution in [0, 0.1) is 5.41 Å². The van der Waals surface area contributed by atoms with E-state index in [1.165, 1.54) is 19.4 Å². The minimum Gasteiger partial charge on any atom is -0.396 e. The normalized spacial score (nSPS) is 32.6. The highest BCUT2D eigenvalue weighted by atomic mass is 16.3. The molecule has 3 heteroatoms. The lowest BCUT2D eigenvalue weighted by molar-refractivity contribution is 0.124. The van der Waals surface area contributed by atoms with Gasteiger partial charge in [0.2, 0.25) is 0 Å². The van der Waals surface area contributed by atoms with Gasteiger partial charge in [-0.25, -0.2) is 0 Å². The summed E-state index contributed by atoms with van der Waals surface area (Å²) in [6.45, 7) is 8.51. The van der Waals surface area contributed by atoms with E-state index in [0.29, 0.717) is 18.1 Å². The summed E-state index contributed by atoms with van der Waals surface area (Å²) in [6.07, 6.45) is 3.65. The fourth-order valence-electron chi connectivity index (χ4n) is 3.17. The Hall–Kier alpha value is -0.120. The fourth-order valence-corrected chi connectivity index (χ4v) is 3.17. The van der Waals surface area contributed by atoms with Crippen LogP contribution in [0.25, 0.3) is 0 Å². The molecule has 0 aromatic rings. The minimum atomic E-state index is 0.322. The van der Waals surface area contributed by atoms with E-state index in [9.17, 15) is 5.11 Å². The zero-order valence-corrected chi connectivity index (χ0v) is 10.9. The second-order valence-electron chi connectivity index (χ2n) is 6.43. The Bertz CT molecular complexity index is 238. The fraction of sp³-hybridized carbons (Fsp3) is 1.00. The molecule has 94 valence electrons. The van der Waals surface area contributed by atoms with Gasteiger partial charge in [-0.2, -0.15) is 0 Å². The van der Waals surface area contributed by atoms with Crippen LogP contribution < -0.4 is 0 Å². The number of rotatable bonds is 3. The molecule has 0 aromatic carbocycles. The predicted octanol–water partition coefficient (Wildman–Crippen LogP) is 1.17. The van der Waals surface area contributed by atoms with Crippen molar-refractivity contribution in [2.24, 2.45) is 5.41 Å². The van der Waals surface area contributed by atoms with E-state index in [-0.39, 0.29) is 0 Å². The molecule has 1 heterocycles. The lowest BCUT2D eigenvalue weighted by Gasteiger charge is -2.33. The van der Waals surface area contributed by atoms with Gasteiger partial charge in [-0.1, -0.05) is 13.8 Å². The van der Waals surface area contributed by atoms with Crippen LogP contribution in [0.15, 0.2) is 0 Å². The molecule has 1 saturated carbocycles. The summed E-state index contributed by atoms with van der Waals surface area (Å²) in [6, 6.07) is 1.37. The first kappa shape index (κ1) is 12.3. The quantitative estimate of drug-likeness (QED) is 0.782. The maximum absolute atomic E-state index is 9.20. The Morgan fingerprint density at radius 3 is 2.50 bits per heavy atom.